The molecule has 1 amide bonds. The number of amides is 1. The summed E-state index contributed by atoms with van der Waals surface area (Å²) in [5.41, 5.74) is 0.319. The molecule has 0 rings (SSSR count). The quantitative estimate of drug-likeness (QED) is 0.115. The van der Waals surface area contributed by atoms with Crippen LogP contribution in [0, 0.1) is 0 Å². The number of hydrogen-bond donors (Lipinski definition) is 1. The van der Waals surface area contributed by atoms with Gasteiger partial charge in [-0.2, -0.15) is 0 Å². The lowest BCUT2D eigenvalue weighted by Crippen LogP contribution is -2.52. The summed E-state index contributed by atoms with van der Waals surface area (Å²) in [5.74, 6) is -0.480. The number of unbranched alkanes of at least 4 members (excludes halogenated alkanes) is 1. The fourth-order valence-electron chi connectivity index (χ4n) is 3.42. The summed E-state index contributed by atoms with van der Waals surface area (Å²) in [7, 11) is -5.69. The van der Waals surface area contributed by atoms with E-state index in [1.807, 2.05) is 0 Å². The van der Waals surface area contributed by atoms with Crippen LogP contribution in [0.4, 0.5) is 4.79 Å². The van der Waals surface area contributed by atoms with E-state index < -0.39 is 37.3 Å². The number of ether oxygens (including phenoxy) is 3. The zero-order valence-corrected chi connectivity index (χ0v) is 25.1. The zero-order chi connectivity index (χ0) is 25.5. The Morgan fingerprint density at radius 3 is 1.94 bits per heavy atom. The fourth-order valence-corrected chi connectivity index (χ4v) is 17.6. The van der Waals surface area contributed by atoms with Crippen molar-refractivity contribution in [1.82, 2.24) is 5.32 Å². The molecule has 0 aliphatic heterocycles. The Labute approximate surface area is 204 Å². The van der Waals surface area contributed by atoms with Crippen molar-refractivity contribution in [3.63, 3.8) is 0 Å². The van der Waals surface area contributed by atoms with Crippen molar-refractivity contribution in [3.05, 3.63) is 12.2 Å². The van der Waals surface area contributed by atoms with E-state index in [0.29, 0.717) is 18.8 Å². The van der Waals surface area contributed by atoms with Crippen molar-refractivity contribution in [2.75, 3.05) is 33.0 Å². The van der Waals surface area contributed by atoms with Gasteiger partial charge in [0.2, 0.25) is 0 Å². The summed E-state index contributed by atoms with van der Waals surface area (Å²) in [6.07, 6.45) is 2.76. The van der Waals surface area contributed by atoms with Gasteiger partial charge in [0.25, 0.3) is 0 Å². The maximum absolute atomic E-state index is 11.6. The molecule has 0 aromatic rings. The van der Waals surface area contributed by atoms with Gasteiger partial charge in [0.05, 0.1) is 13.2 Å². The second kappa shape index (κ2) is 15.8. The molecule has 11 heteroatoms. The first-order valence-corrected chi connectivity index (χ1v) is 21.0. The van der Waals surface area contributed by atoms with Crippen LogP contribution >= 0.6 is 0 Å². The molecule has 0 heterocycles. The van der Waals surface area contributed by atoms with Crippen molar-refractivity contribution in [1.29, 1.82) is 0 Å². The standard InChI is InChI=1S/C22H47NO7Si3/c1-10-11-18-31(4,5)29-33(8,9)30-32(6,7)19-12-14-26-16-17-28-22(25)23-13-15-27-21(24)20(2)3/h2,10-19H2,1,3-9H3,(H,23,25). The number of hydrogen-bond acceptors (Lipinski definition) is 7. The molecule has 0 saturated carbocycles. The lowest BCUT2D eigenvalue weighted by Gasteiger charge is -2.38. The van der Waals surface area contributed by atoms with Gasteiger partial charge in [-0.25, -0.2) is 9.59 Å². The van der Waals surface area contributed by atoms with Crippen LogP contribution in [0.25, 0.3) is 0 Å². The van der Waals surface area contributed by atoms with E-state index in [2.05, 4.69) is 58.1 Å². The van der Waals surface area contributed by atoms with E-state index in [-0.39, 0.29) is 19.8 Å². The monoisotopic (exact) mass is 521 g/mol. The fraction of sp³-hybridized carbons (Fsp3) is 0.818. The van der Waals surface area contributed by atoms with Gasteiger partial charge in [-0.15, -0.1) is 0 Å². The first-order chi connectivity index (χ1) is 15.2. The number of rotatable bonds is 18. The number of carbonyl (C=O) groups excluding carboxylic acids is 2. The molecule has 0 aliphatic rings. The molecule has 0 aromatic heterocycles. The van der Waals surface area contributed by atoms with Gasteiger partial charge in [0.15, 0.2) is 16.6 Å². The van der Waals surface area contributed by atoms with E-state index in [9.17, 15) is 9.59 Å². The predicted molar refractivity (Wildman–Crippen MR) is 140 cm³/mol. The van der Waals surface area contributed by atoms with Crippen molar-refractivity contribution in [3.8, 4) is 0 Å². The van der Waals surface area contributed by atoms with E-state index in [0.717, 1.165) is 12.5 Å². The molecule has 0 saturated heterocycles. The Kier molecular flexibility index (Phi) is 15.4. The summed E-state index contributed by atoms with van der Waals surface area (Å²) < 4.78 is 28.7. The number of nitrogens with one attached hydrogen (secondary N) is 1. The number of alkyl carbamates (subject to hydrolysis) is 1. The lowest BCUT2D eigenvalue weighted by atomic mass is 10.4. The second-order valence-electron chi connectivity index (χ2n) is 9.92. The highest BCUT2D eigenvalue weighted by molar-refractivity contribution is 6.87. The van der Waals surface area contributed by atoms with Gasteiger partial charge < -0.3 is 27.8 Å². The molecule has 0 aliphatic carbocycles. The van der Waals surface area contributed by atoms with E-state index in [1.54, 1.807) is 6.92 Å². The van der Waals surface area contributed by atoms with Crippen LogP contribution in [0.1, 0.15) is 33.1 Å². The molecule has 0 atom stereocenters. The van der Waals surface area contributed by atoms with Gasteiger partial charge in [-0.05, 0) is 64.7 Å². The largest absolute Gasteiger partial charge is 0.460 e. The number of esters is 1. The smallest absolute Gasteiger partial charge is 0.407 e. The predicted octanol–water partition coefficient (Wildman–Crippen LogP) is 5.18. The topological polar surface area (TPSA) is 92.3 Å². The van der Waals surface area contributed by atoms with Gasteiger partial charge in [0, 0.05) is 12.2 Å². The third-order valence-electron chi connectivity index (χ3n) is 4.66. The van der Waals surface area contributed by atoms with Crippen LogP contribution in [0.3, 0.4) is 0 Å². The number of carbonyl (C=O) groups is 2. The first kappa shape index (κ1) is 32.0. The SMILES string of the molecule is C=C(C)C(=O)OCCNC(=O)OCCOCCC[Si](C)(C)O[Si](C)(C)O[Si](C)(C)CCCC. The summed E-state index contributed by atoms with van der Waals surface area (Å²) in [5, 5.41) is 2.51. The normalized spacial score (nSPS) is 12.4. The molecule has 0 radical (unpaired) electrons. The summed E-state index contributed by atoms with van der Waals surface area (Å²) in [4.78, 5) is 22.8. The molecule has 8 nitrogen and oxygen atoms in total. The van der Waals surface area contributed by atoms with Crippen LogP contribution in [0.5, 0.6) is 0 Å². The first-order valence-electron chi connectivity index (χ1n) is 11.9. The molecular formula is C22H47NO7Si3. The van der Waals surface area contributed by atoms with Crippen LogP contribution in [-0.4, -0.2) is 70.2 Å². The van der Waals surface area contributed by atoms with E-state index in [4.69, 9.17) is 22.4 Å². The minimum Gasteiger partial charge on any atom is -0.460 e. The lowest BCUT2D eigenvalue weighted by molar-refractivity contribution is -0.138. The summed E-state index contributed by atoms with van der Waals surface area (Å²) in [6, 6.07) is 2.18. The molecule has 0 fully saturated rings. The molecule has 0 aromatic carbocycles. The molecule has 0 unspecified atom stereocenters. The average Bonchev–Trinajstić information content (AvgIpc) is 2.66. The minimum absolute atomic E-state index is 0.0716. The Morgan fingerprint density at radius 2 is 1.39 bits per heavy atom. The highest BCUT2D eigenvalue weighted by Gasteiger charge is 2.39. The van der Waals surface area contributed by atoms with Crippen LogP contribution in [-0.2, 0) is 27.2 Å². The summed E-state index contributed by atoms with van der Waals surface area (Å²) in [6.45, 7) is 22.0. The maximum Gasteiger partial charge on any atom is 0.407 e. The molecular weight excluding hydrogens is 475 g/mol. The van der Waals surface area contributed by atoms with Gasteiger partial charge in [-0.3, -0.25) is 0 Å². The van der Waals surface area contributed by atoms with Crippen molar-refractivity contribution in [2.24, 2.45) is 0 Å². The van der Waals surface area contributed by atoms with Gasteiger partial charge in [0.1, 0.15) is 13.2 Å². The Balaban J connectivity index is 3.96. The maximum atomic E-state index is 11.6. The van der Waals surface area contributed by atoms with Gasteiger partial charge in [-0.1, -0.05) is 26.3 Å². The van der Waals surface area contributed by atoms with Crippen molar-refractivity contribution >= 4 is 37.3 Å². The molecule has 0 bridgehead atoms. The molecule has 33 heavy (non-hydrogen) atoms. The highest BCUT2D eigenvalue weighted by atomic mass is 28.5. The van der Waals surface area contributed by atoms with Crippen molar-refractivity contribution in [2.45, 2.75) is 84.5 Å². The molecule has 1 N–H and O–H groups in total. The molecule has 194 valence electrons. The minimum atomic E-state index is -2.16. The van der Waals surface area contributed by atoms with Crippen LogP contribution in [0.2, 0.25) is 51.4 Å². The second-order valence-corrected chi connectivity index (χ2v) is 22.4. The average molecular weight is 522 g/mol. The third kappa shape index (κ3) is 18.1. The van der Waals surface area contributed by atoms with Crippen LogP contribution < -0.4 is 5.32 Å². The van der Waals surface area contributed by atoms with E-state index in [1.165, 1.54) is 18.9 Å². The van der Waals surface area contributed by atoms with E-state index >= 15 is 0 Å². The van der Waals surface area contributed by atoms with Crippen molar-refractivity contribution < 1.29 is 32.0 Å². The summed E-state index contributed by atoms with van der Waals surface area (Å²) >= 11 is 0. The van der Waals surface area contributed by atoms with Gasteiger partial charge >= 0.3 is 20.6 Å². The highest BCUT2D eigenvalue weighted by Crippen LogP contribution is 2.26. The molecule has 0 spiro atoms. The Hall–Kier alpha value is -0.989. The Bertz CT molecular complexity index is 613. The zero-order valence-electron chi connectivity index (χ0n) is 22.1. The third-order valence-corrected chi connectivity index (χ3v) is 16.1. The Morgan fingerprint density at radius 1 is 0.818 bits per heavy atom. The van der Waals surface area contributed by atoms with Crippen LogP contribution in [0.15, 0.2) is 12.2 Å².